The average Bonchev–Trinajstić information content (AvgIpc) is 2.33. The Hall–Kier alpha value is -0.520. The number of imidazole rings is 1. The van der Waals surface area contributed by atoms with Gasteiger partial charge in [-0.15, -0.1) is 0 Å². The standard InChI is InChI=1S/C8H12IN3/c1-6-11-7(5-9)8(3-4-10)12(6)2/h3-4H,5,10H2,1-2H3/b4-3-. The molecule has 0 aliphatic heterocycles. The lowest BCUT2D eigenvalue weighted by atomic mass is 10.3. The lowest BCUT2D eigenvalue weighted by Gasteiger charge is -1.98. The first-order chi connectivity index (χ1) is 5.70. The molecule has 2 N–H and O–H groups in total. The zero-order valence-corrected chi connectivity index (χ0v) is 9.37. The Morgan fingerprint density at radius 1 is 1.67 bits per heavy atom. The molecule has 0 saturated heterocycles. The first kappa shape index (κ1) is 9.57. The highest BCUT2D eigenvalue weighted by molar-refractivity contribution is 14.1. The van der Waals surface area contributed by atoms with Crippen molar-refractivity contribution in [3.8, 4) is 0 Å². The van der Waals surface area contributed by atoms with E-state index in [-0.39, 0.29) is 0 Å². The summed E-state index contributed by atoms with van der Waals surface area (Å²) in [7, 11) is 1.99. The van der Waals surface area contributed by atoms with Crippen molar-refractivity contribution in [1.82, 2.24) is 9.55 Å². The predicted molar refractivity (Wildman–Crippen MR) is 58.9 cm³/mol. The number of hydrogen-bond acceptors (Lipinski definition) is 2. The maximum absolute atomic E-state index is 5.34. The molecule has 0 spiro atoms. The molecular weight excluding hydrogens is 265 g/mol. The van der Waals surface area contributed by atoms with Gasteiger partial charge in [0.15, 0.2) is 0 Å². The van der Waals surface area contributed by atoms with Crippen LogP contribution in [-0.2, 0) is 11.5 Å². The minimum atomic E-state index is 0.916. The summed E-state index contributed by atoms with van der Waals surface area (Å²) in [6, 6.07) is 0. The molecule has 0 saturated carbocycles. The zero-order chi connectivity index (χ0) is 9.14. The molecule has 0 bridgehead atoms. The van der Waals surface area contributed by atoms with E-state index < -0.39 is 0 Å². The van der Waals surface area contributed by atoms with Crippen LogP contribution in [0.1, 0.15) is 17.2 Å². The van der Waals surface area contributed by atoms with Gasteiger partial charge < -0.3 is 10.3 Å². The van der Waals surface area contributed by atoms with Crippen LogP contribution >= 0.6 is 22.6 Å². The van der Waals surface area contributed by atoms with Crippen molar-refractivity contribution in [2.24, 2.45) is 12.8 Å². The molecular formula is C8H12IN3. The number of aryl methyl sites for hydroxylation is 1. The Labute approximate surface area is 85.8 Å². The van der Waals surface area contributed by atoms with Crippen LogP contribution in [0, 0.1) is 6.92 Å². The first-order valence-electron chi connectivity index (χ1n) is 3.67. The van der Waals surface area contributed by atoms with E-state index in [9.17, 15) is 0 Å². The van der Waals surface area contributed by atoms with Crippen LogP contribution < -0.4 is 5.73 Å². The Balaban J connectivity index is 3.21. The topological polar surface area (TPSA) is 43.8 Å². The highest BCUT2D eigenvalue weighted by Crippen LogP contribution is 2.14. The zero-order valence-electron chi connectivity index (χ0n) is 7.21. The van der Waals surface area contributed by atoms with Gasteiger partial charge in [-0.1, -0.05) is 22.6 Å². The number of rotatable bonds is 2. The Morgan fingerprint density at radius 3 is 2.83 bits per heavy atom. The molecule has 1 aromatic heterocycles. The maximum Gasteiger partial charge on any atom is 0.106 e. The molecule has 66 valence electrons. The summed E-state index contributed by atoms with van der Waals surface area (Å²) < 4.78 is 2.95. The monoisotopic (exact) mass is 277 g/mol. The molecule has 0 aliphatic carbocycles. The molecule has 0 amide bonds. The third-order valence-corrected chi connectivity index (χ3v) is 2.54. The van der Waals surface area contributed by atoms with E-state index in [0.29, 0.717) is 0 Å². The minimum absolute atomic E-state index is 0.916. The van der Waals surface area contributed by atoms with Gasteiger partial charge in [0.25, 0.3) is 0 Å². The largest absolute Gasteiger partial charge is 0.405 e. The first-order valence-corrected chi connectivity index (χ1v) is 5.19. The Morgan fingerprint density at radius 2 is 2.33 bits per heavy atom. The molecule has 0 aromatic carbocycles. The van der Waals surface area contributed by atoms with Crippen molar-refractivity contribution < 1.29 is 0 Å². The van der Waals surface area contributed by atoms with Gasteiger partial charge in [-0.2, -0.15) is 0 Å². The SMILES string of the molecule is Cc1nc(CI)c(/C=C\N)n1C. The second-order valence-corrected chi connectivity index (χ2v) is 3.31. The van der Waals surface area contributed by atoms with Crippen LogP contribution in [0.5, 0.6) is 0 Å². The molecule has 0 aliphatic rings. The molecule has 4 heteroatoms. The van der Waals surface area contributed by atoms with Crippen molar-refractivity contribution in [2.45, 2.75) is 11.4 Å². The Bertz CT molecular complexity index is 301. The molecule has 0 atom stereocenters. The molecule has 0 unspecified atom stereocenters. The fourth-order valence-corrected chi connectivity index (χ4v) is 1.65. The van der Waals surface area contributed by atoms with Crippen molar-refractivity contribution >= 4 is 28.7 Å². The fourth-order valence-electron chi connectivity index (χ4n) is 1.09. The smallest absolute Gasteiger partial charge is 0.106 e. The predicted octanol–water partition coefficient (Wildman–Crippen LogP) is 1.59. The maximum atomic E-state index is 5.34. The highest BCUT2D eigenvalue weighted by Gasteiger charge is 2.07. The van der Waals surface area contributed by atoms with Gasteiger partial charge in [0.2, 0.25) is 0 Å². The van der Waals surface area contributed by atoms with E-state index in [0.717, 1.165) is 21.6 Å². The van der Waals surface area contributed by atoms with Gasteiger partial charge >= 0.3 is 0 Å². The molecule has 1 rings (SSSR count). The van der Waals surface area contributed by atoms with E-state index in [1.165, 1.54) is 0 Å². The number of nitrogens with two attached hydrogens (primary N) is 1. The van der Waals surface area contributed by atoms with E-state index in [4.69, 9.17) is 5.73 Å². The molecule has 0 fully saturated rings. The molecule has 1 heterocycles. The highest BCUT2D eigenvalue weighted by atomic mass is 127. The summed E-state index contributed by atoms with van der Waals surface area (Å²) in [5.74, 6) is 1.02. The van der Waals surface area contributed by atoms with Gasteiger partial charge in [-0.3, -0.25) is 0 Å². The second-order valence-electron chi connectivity index (χ2n) is 2.54. The van der Waals surface area contributed by atoms with E-state index >= 15 is 0 Å². The van der Waals surface area contributed by atoms with Crippen molar-refractivity contribution in [3.05, 3.63) is 23.4 Å². The van der Waals surface area contributed by atoms with Gasteiger partial charge in [0.05, 0.1) is 11.4 Å². The number of nitrogens with zero attached hydrogens (tertiary/aromatic N) is 2. The van der Waals surface area contributed by atoms with Crippen LogP contribution in [0.4, 0.5) is 0 Å². The van der Waals surface area contributed by atoms with Crippen LogP contribution in [-0.4, -0.2) is 9.55 Å². The summed E-state index contributed by atoms with van der Waals surface area (Å²) in [4.78, 5) is 4.40. The van der Waals surface area contributed by atoms with Crippen molar-refractivity contribution in [2.75, 3.05) is 0 Å². The lowest BCUT2D eigenvalue weighted by molar-refractivity contribution is 0.849. The fraction of sp³-hybridized carbons (Fsp3) is 0.375. The van der Waals surface area contributed by atoms with Crippen LogP contribution in [0.15, 0.2) is 6.20 Å². The third-order valence-electron chi connectivity index (χ3n) is 1.82. The summed E-state index contributed by atoms with van der Waals surface area (Å²) in [5, 5.41) is 0. The molecule has 0 radical (unpaired) electrons. The summed E-state index contributed by atoms with van der Waals surface area (Å²) in [6.45, 7) is 1.99. The quantitative estimate of drug-likeness (QED) is 0.659. The minimum Gasteiger partial charge on any atom is -0.405 e. The van der Waals surface area contributed by atoms with Crippen LogP contribution in [0.3, 0.4) is 0 Å². The number of aromatic nitrogens is 2. The average molecular weight is 277 g/mol. The van der Waals surface area contributed by atoms with Gasteiger partial charge in [0, 0.05) is 11.5 Å². The third kappa shape index (κ3) is 1.63. The molecule has 12 heavy (non-hydrogen) atoms. The van der Waals surface area contributed by atoms with Crippen molar-refractivity contribution in [1.29, 1.82) is 0 Å². The van der Waals surface area contributed by atoms with Crippen LogP contribution in [0.2, 0.25) is 0 Å². The van der Waals surface area contributed by atoms with Crippen LogP contribution in [0.25, 0.3) is 6.08 Å². The van der Waals surface area contributed by atoms with Gasteiger partial charge in [-0.25, -0.2) is 4.98 Å². The van der Waals surface area contributed by atoms with Gasteiger partial charge in [-0.05, 0) is 19.2 Å². The Kier molecular flexibility index (Phi) is 3.13. The number of hydrogen-bond donors (Lipinski definition) is 1. The summed E-state index contributed by atoms with van der Waals surface area (Å²) >= 11 is 2.30. The number of halogens is 1. The summed E-state index contributed by atoms with van der Waals surface area (Å²) in [5.41, 5.74) is 7.53. The summed E-state index contributed by atoms with van der Waals surface area (Å²) in [6.07, 6.45) is 3.43. The van der Waals surface area contributed by atoms with E-state index in [1.807, 2.05) is 24.6 Å². The molecule has 3 nitrogen and oxygen atoms in total. The van der Waals surface area contributed by atoms with E-state index in [2.05, 4.69) is 27.6 Å². The lowest BCUT2D eigenvalue weighted by Crippen LogP contribution is -1.95. The van der Waals surface area contributed by atoms with Gasteiger partial charge in [0.1, 0.15) is 5.82 Å². The van der Waals surface area contributed by atoms with Crippen molar-refractivity contribution in [3.63, 3.8) is 0 Å². The molecule has 1 aromatic rings. The second kappa shape index (κ2) is 3.93. The van der Waals surface area contributed by atoms with E-state index in [1.54, 1.807) is 6.20 Å². The normalized spacial score (nSPS) is 11.2. The number of alkyl halides is 1.